The van der Waals surface area contributed by atoms with Gasteiger partial charge in [0, 0.05) is 18.5 Å². The molecule has 29 heavy (non-hydrogen) atoms. The summed E-state index contributed by atoms with van der Waals surface area (Å²) in [7, 11) is 1.77. The van der Waals surface area contributed by atoms with Gasteiger partial charge >= 0.3 is 0 Å². The van der Waals surface area contributed by atoms with E-state index in [0.29, 0.717) is 24.0 Å². The number of hydrogen-bond donors (Lipinski definition) is 1. The molecule has 5 rings (SSSR count). The van der Waals surface area contributed by atoms with Gasteiger partial charge in [-0.25, -0.2) is 14.9 Å². The average molecular weight is 414 g/mol. The molecule has 2 N–H and O–H groups in total. The minimum absolute atomic E-state index is 0.229. The fourth-order valence-electron chi connectivity index (χ4n) is 4.44. The molecule has 0 aromatic heterocycles. The van der Waals surface area contributed by atoms with Crippen LogP contribution in [0.5, 0.6) is 5.75 Å². The summed E-state index contributed by atoms with van der Waals surface area (Å²) in [6.45, 7) is 2.60. The summed E-state index contributed by atoms with van der Waals surface area (Å²) in [6.07, 6.45) is 2.59. The summed E-state index contributed by atoms with van der Waals surface area (Å²) in [5.41, 5.74) is 7.61. The highest BCUT2D eigenvalue weighted by Gasteiger charge is 2.55. The molecule has 3 atom stereocenters. The molecule has 3 heterocycles. The maximum atomic E-state index is 6.52. The Hall–Kier alpha value is -2.28. The predicted octanol–water partition coefficient (Wildman–Crippen LogP) is 4.07. The Bertz CT molecular complexity index is 987. The molecule has 3 aliphatic heterocycles. The lowest BCUT2D eigenvalue weighted by atomic mass is 9.80. The zero-order chi connectivity index (χ0) is 20.2. The smallest absolute Gasteiger partial charge is 0.222 e. The van der Waals surface area contributed by atoms with Gasteiger partial charge in [0.2, 0.25) is 11.7 Å². The largest absolute Gasteiger partial charge is 0.484 e. The average Bonchev–Trinajstić information content (AvgIpc) is 2.98. The predicted molar refractivity (Wildman–Crippen MR) is 112 cm³/mol. The fourth-order valence-corrected chi connectivity index (χ4v) is 4.63. The van der Waals surface area contributed by atoms with Crippen molar-refractivity contribution in [1.29, 1.82) is 0 Å². The van der Waals surface area contributed by atoms with Gasteiger partial charge < -0.3 is 15.2 Å². The van der Waals surface area contributed by atoms with Gasteiger partial charge in [-0.1, -0.05) is 29.8 Å². The van der Waals surface area contributed by atoms with Crippen molar-refractivity contribution < 1.29 is 14.3 Å². The number of nitrogens with zero attached hydrogens (tertiary/aromatic N) is 2. The van der Waals surface area contributed by atoms with E-state index in [0.717, 1.165) is 35.3 Å². The Morgan fingerprint density at radius 3 is 2.72 bits per heavy atom. The monoisotopic (exact) mass is 413 g/mol. The van der Waals surface area contributed by atoms with Crippen molar-refractivity contribution in [1.82, 2.24) is 5.06 Å². The van der Waals surface area contributed by atoms with Gasteiger partial charge in [0.15, 0.2) is 0 Å². The molecule has 152 valence electrons. The number of fused-ring (bicyclic) bond motifs is 2. The summed E-state index contributed by atoms with van der Waals surface area (Å²) in [6, 6.07) is 13.9. The van der Waals surface area contributed by atoms with Crippen LogP contribution in [-0.4, -0.2) is 36.4 Å². The van der Waals surface area contributed by atoms with E-state index in [2.05, 4.69) is 13.0 Å². The molecule has 6 nitrogen and oxygen atoms in total. The van der Waals surface area contributed by atoms with E-state index in [1.807, 2.05) is 36.4 Å². The van der Waals surface area contributed by atoms with Crippen molar-refractivity contribution in [3.63, 3.8) is 0 Å². The van der Waals surface area contributed by atoms with Gasteiger partial charge in [-0.3, -0.25) is 0 Å². The number of aliphatic imine (C=N–C) groups is 1. The second kappa shape index (κ2) is 6.62. The normalized spacial score (nSPS) is 30.9. The second-order valence-corrected chi connectivity index (χ2v) is 8.62. The van der Waals surface area contributed by atoms with Crippen LogP contribution in [0.2, 0.25) is 5.02 Å². The number of halogens is 1. The number of rotatable bonds is 1. The highest BCUT2D eigenvalue weighted by atomic mass is 35.5. The van der Waals surface area contributed by atoms with E-state index in [1.165, 1.54) is 5.06 Å². The maximum absolute atomic E-state index is 6.52. The van der Waals surface area contributed by atoms with E-state index in [1.54, 1.807) is 7.05 Å². The van der Waals surface area contributed by atoms with Crippen molar-refractivity contribution in [2.24, 2.45) is 10.7 Å². The van der Waals surface area contributed by atoms with Crippen LogP contribution in [0, 0.1) is 0 Å². The van der Waals surface area contributed by atoms with Crippen molar-refractivity contribution in [3.8, 4) is 16.9 Å². The lowest BCUT2D eigenvalue weighted by Crippen LogP contribution is -2.54. The van der Waals surface area contributed by atoms with Crippen LogP contribution >= 0.6 is 11.6 Å². The number of benzene rings is 2. The third-order valence-electron chi connectivity index (χ3n) is 5.99. The van der Waals surface area contributed by atoms with E-state index in [-0.39, 0.29) is 6.10 Å². The zero-order valence-electron chi connectivity index (χ0n) is 16.5. The Labute approximate surface area is 175 Å². The molecular formula is C22H24ClN3O3. The van der Waals surface area contributed by atoms with Crippen LogP contribution in [0.25, 0.3) is 11.1 Å². The molecule has 2 spiro atoms. The molecule has 0 amide bonds. The van der Waals surface area contributed by atoms with Crippen LogP contribution in [0.1, 0.15) is 31.7 Å². The van der Waals surface area contributed by atoms with Crippen molar-refractivity contribution >= 4 is 17.6 Å². The molecule has 0 bridgehead atoms. The van der Waals surface area contributed by atoms with Crippen LogP contribution < -0.4 is 10.5 Å². The summed E-state index contributed by atoms with van der Waals surface area (Å²) in [5.74, 6) is 1.11. The zero-order valence-corrected chi connectivity index (χ0v) is 17.3. The fraction of sp³-hybridized carbons (Fsp3) is 0.409. The van der Waals surface area contributed by atoms with Gasteiger partial charge in [-0.15, -0.1) is 0 Å². The minimum Gasteiger partial charge on any atom is -0.484 e. The van der Waals surface area contributed by atoms with Crippen molar-refractivity contribution in [2.75, 3.05) is 13.7 Å². The van der Waals surface area contributed by atoms with E-state index in [9.17, 15) is 0 Å². The Morgan fingerprint density at radius 2 is 2.03 bits per heavy atom. The van der Waals surface area contributed by atoms with Gasteiger partial charge in [0.25, 0.3) is 0 Å². The second-order valence-electron chi connectivity index (χ2n) is 8.19. The van der Waals surface area contributed by atoms with E-state index < -0.39 is 11.3 Å². The molecule has 1 fully saturated rings. The highest BCUT2D eigenvalue weighted by Crippen LogP contribution is 2.52. The molecule has 1 unspecified atom stereocenters. The first-order valence-electron chi connectivity index (χ1n) is 9.87. The highest BCUT2D eigenvalue weighted by molar-refractivity contribution is 6.30. The van der Waals surface area contributed by atoms with Crippen molar-refractivity contribution in [3.05, 3.63) is 53.1 Å². The summed E-state index contributed by atoms with van der Waals surface area (Å²) >= 11 is 6.20. The topological polar surface area (TPSA) is 69.3 Å². The van der Waals surface area contributed by atoms with Crippen LogP contribution in [0.4, 0.5) is 0 Å². The maximum Gasteiger partial charge on any atom is 0.222 e. The van der Waals surface area contributed by atoms with Crippen LogP contribution in [-0.2, 0) is 15.3 Å². The third-order valence-corrected chi connectivity index (χ3v) is 6.22. The van der Waals surface area contributed by atoms with E-state index in [4.69, 9.17) is 36.6 Å². The molecule has 2 aromatic carbocycles. The molecular weight excluding hydrogens is 390 g/mol. The van der Waals surface area contributed by atoms with Crippen LogP contribution in [0.3, 0.4) is 0 Å². The number of hydrogen-bond acceptors (Lipinski definition) is 6. The lowest BCUT2D eigenvalue weighted by Gasteiger charge is -2.47. The molecule has 2 aromatic rings. The van der Waals surface area contributed by atoms with Gasteiger partial charge in [0.05, 0.1) is 18.3 Å². The molecule has 0 radical (unpaired) electrons. The lowest BCUT2D eigenvalue weighted by molar-refractivity contribution is -0.220. The minimum atomic E-state index is -0.926. The third kappa shape index (κ3) is 3.16. The molecule has 3 aliphatic rings. The summed E-state index contributed by atoms with van der Waals surface area (Å²) in [5, 5.41) is 2.22. The quantitative estimate of drug-likeness (QED) is 0.763. The Kier molecular flexibility index (Phi) is 4.28. The number of ether oxygens (including phenoxy) is 2. The number of guanidine groups is 1. The first-order valence-corrected chi connectivity index (χ1v) is 10.3. The molecule has 0 aliphatic carbocycles. The summed E-state index contributed by atoms with van der Waals surface area (Å²) < 4.78 is 12.5. The first-order chi connectivity index (χ1) is 13.9. The van der Waals surface area contributed by atoms with E-state index >= 15 is 0 Å². The Morgan fingerprint density at radius 1 is 1.21 bits per heavy atom. The molecule has 0 saturated carbocycles. The first kappa shape index (κ1) is 18.7. The van der Waals surface area contributed by atoms with Crippen LogP contribution in [0.15, 0.2) is 47.5 Å². The number of nitrogens with two attached hydrogens (primary N) is 1. The van der Waals surface area contributed by atoms with Gasteiger partial charge in [0.1, 0.15) is 11.4 Å². The van der Waals surface area contributed by atoms with Crippen molar-refractivity contribution in [2.45, 2.75) is 43.6 Å². The molecule has 7 heteroatoms. The van der Waals surface area contributed by atoms with Gasteiger partial charge in [-0.2, -0.15) is 0 Å². The molecule has 1 saturated heterocycles. The SMILES string of the molecule is CC1CC[C@@]2(CO1)C[C@]1(N=C(N)N(C)O1)c1cc(-c3cccc(Cl)c3)ccc1O2. The Balaban J connectivity index is 1.62. The standard InChI is InChI=1S/C22H24ClN3O3/c1-14-8-9-21(13-27-14)12-22(25-20(24)26(2)29-22)18-11-16(6-7-19(18)28-21)15-4-3-5-17(23)10-15/h3-7,10-11,14H,8-9,12-13H2,1-2H3,(H2,24,25)/t14?,21-,22+/m0/s1. The van der Waals surface area contributed by atoms with Gasteiger partial charge in [-0.05, 0) is 55.2 Å². The number of hydroxylamine groups is 2. The summed E-state index contributed by atoms with van der Waals surface area (Å²) in [4.78, 5) is 11.0.